The lowest BCUT2D eigenvalue weighted by atomic mass is 10.1. The van der Waals surface area contributed by atoms with Gasteiger partial charge in [-0.3, -0.25) is 9.69 Å². The number of thiocarbonyl (C=S) groups is 1. The van der Waals surface area contributed by atoms with Gasteiger partial charge in [-0.15, -0.1) is 0 Å². The average molecular weight is 669 g/mol. The third kappa shape index (κ3) is 5.15. The van der Waals surface area contributed by atoms with Crippen molar-refractivity contribution in [1.29, 1.82) is 0 Å². The molecule has 0 radical (unpaired) electrons. The van der Waals surface area contributed by atoms with Gasteiger partial charge in [0.25, 0.3) is 5.91 Å². The van der Waals surface area contributed by atoms with E-state index in [1.54, 1.807) is 4.90 Å². The molecule has 1 heterocycles. The number of halogens is 2. The first-order chi connectivity index (χ1) is 14.9. The van der Waals surface area contributed by atoms with E-state index in [0.717, 1.165) is 35.3 Å². The van der Waals surface area contributed by atoms with Crippen LogP contribution < -0.4 is 9.64 Å². The number of ether oxygens (including phenoxy) is 1. The van der Waals surface area contributed by atoms with Crippen LogP contribution in [0.3, 0.4) is 0 Å². The van der Waals surface area contributed by atoms with Gasteiger partial charge in [-0.2, -0.15) is 0 Å². The highest BCUT2D eigenvalue weighted by Gasteiger charge is 2.34. The second kappa shape index (κ2) is 10.0. The lowest BCUT2D eigenvalue weighted by molar-refractivity contribution is -0.113. The van der Waals surface area contributed by atoms with Crippen LogP contribution in [0.1, 0.15) is 16.7 Å². The SMILES string of the molecule is Cc1ccccc1N1C(=O)/C(=C\c2cc(I)c(OCc3ccccc3)c(I)c2)SC1=S. The van der Waals surface area contributed by atoms with Crippen molar-refractivity contribution in [1.82, 2.24) is 0 Å². The number of amides is 1. The first kappa shape index (κ1) is 22.8. The number of carbonyl (C=O) groups excluding carboxylic acids is 1. The summed E-state index contributed by atoms with van der Waals surface area (Å²) in [4.78, 5) is 15.3. The van der Waals surface area contributed by atoms with E-state index in [0.29, 0.717) is 15.8 Å². The van der Waals surface area contributed by atoms with Crippen molar-refractivity contribution in [3.05, 3.63) is 95.5 Å². The summed E-state index contributed by atoms with van der Waals surface area (Å²) in [5.41, 5.74) is 3.93. The maximum absolute atomic E-state index is 13.1. The first-order valence-corrected chi connectivity index (χ1v) is 12.8. The minimum Gasteiger partial charge on any atom is -0.487 e. The molecule has 0 N–H and O–H groups in total. The van der Waals surface area contributed by atoms with E-state index in [-0.39, 0.29) is 5.91 Å². The van der Waals surface area contributed by atoms with Gasteiger partial charge in [0.05, 0.1) is 17.7 Å². The summed E-state index contributed by atoms with van der Waals surface area (Å²) in [7, 11) is 0. The molecule has 1 aliphatic rings. The van der Waals surface area contributed by atoms with E-state index < -0.39 is 0 Å². The Labute approximate surface area is 218 Å². The van der Waals surface area contributed by atoms with Crippen molar-refractivity contribution in [2.24, 2.45) is 0 Å². The van der Waals surface area contributed by atoms with E-state index in [1.807, 2.05) is 79.7 Å². The number of rotatable bonds is 5. The molecule has 156 valence electrons. The molecule has 3 nitrogen and oxygen atoms in total. The zero-order chi connectivity index (χ0) is 22.0. The van der Waals surface area contributed by atoms with E-state index >= 15 is 0 Å². The quantitative estimate of drug-likeness (QED) is 0.164. The summed E-state index contributed by atoms with van der Waals surface area (Å²) in [6.45, 7) is 2.50. The minimum absolute atomic E-state index is 0.0845. The monoisotopic (exact) mass is 669 g/mol. The molecule has 0 atom stereocenters. The van der Waals surface area contributed by atoms with E-state index in [4.69, 9.17) is 17.0 Å². The van der Waals surface area contributed by atoms with Crippen LogP contribution in [0.4, 0.5) is 5.69 Å². The molecule has 1 aliphatic heterocycles. The highest BCUT2D eigenvalue weighted by atomic mass is 127. The number of aryl methyl sites for hydroxylation is 1. The Kier molecular flexibility index (Phi) is 7.35. The number of hydrogen-bond acceptors (Lipinski definition) is 4. The maximum atomic E-state index is 13.1. The third-order valence-corrected chi connectivity index (χ3v) is 7.60. The molecular formula is C24H17I2NO2S2. The van der Waals surface area contributed by atoms with Gasteiger partial charge in [0.15, 0.2) is 4.32 Å². The fraction of sp³-hybridized carbons (Fsp3) is 0.0833. The smallest absolute Gasteiger partial charge is 0.270 e. The van der Waals surface area contributed by atoms with Gasteiger partial charge in [0.1, 0.15) is 12.4 Å². The van der Waals surface area contributed by atoms with Crippen LogP contribution in [0.5, 0.6) is 5.75 Å². The summed E-state index contributed by atoms with van der Waals surface area (Å²) >= 11 is 11.4. The van der Waals surface area contributed by atoms with Crippen LogP contribution in [0.25, 0.3) is 6.08 Å². The molecule has 0 saturated carbocycles. The topological polar surface area (TPSA) is 29.5 Å². The molecule has 0 aromatic heterocycles. The van der Waals surface area contributed by atoms with Gasteiger partial charge in [-0.25, -0.2) is 0 Å². The largest absolute Gasteiger partial charge is 0.487 e. The minimum atomic E-state index is -0.0845. The molecule has 0 spiro atoms. The van der Waals surface area contributed by atoms with E-state index in [9.17, 15) is 4.79 Å². The number of hydrogen-bond donors (Lipinski definition) is 0. The molecule has 31 heavy (non-hydrogen) atoms. The van der Waals surface area contributed by atoms with Gasteiger partial charge in [0.2, 0.25) is 0 Å². The molecule has 3 aromatic carbocycles. The fourth-order valence-corrected chi connectivity index (χ4v) is 6.58. The molecule has 7 heteroatoms. The number of nitrogens with zero attached hydrogens (tertiary/aromatic N) is 1. The van der Waals surface area contributed by atoms with Crippen molar-refractivity contribution >= 4 is 91.2 Å². The van der Waals surface area contributed by atoms with Crippen LogP contribution in [0, 0.1) is 14.1 Å². The number of thioether (sulfide) groups is 1. The predicted molar refractivity (Wildman–Crippen MR) is 149 cm³/mol. The summed E-state index contributed by atoms with van der Waals surface area (Å²) < 4.78 is 8.62. The highest BCUT2D eigenvalue weighted by Crippen LogP contribution is 2.38. The number of benzene rings is 3. The predicted octanol–water partition coefficient (Wildman–Crippen LogP) is 7.19. The summed E-state index contributed by atoms with van der Waals surface area (Å²) in [6, 6.07) is 21.9. The van der Waals surface area contributed by atoms with Crippen molar-refractivity contribution < 1.29 is 9.53 Å². The number of para-hydroxylation sites is 1. The van der Waals surface area contributed by atoms with E-state index in [2.05, 4.69) is 45.2 Å². The lowest BCUT2D eigenvalue weighted by Gasteiger charge is -2.16. The molecule has 1 fully saturated rings. The lowest BCUT2D eigenvalue weighted by Crippen LogP contribution is -2.28. The Morgan fingerprint density at radius 1 is 1.03 bits per heavy atom. The van der Waals surface area contributed by atoms with Crippen LogP contribution in [-0.2, 0) is 11.4 Å². The molecule has 4 rings (SSSR count). The molecule has 3 aromatic rings. The number of anilines is 1. The Morgan fingerprint density at radius 2 is 1.68 bits per heavy atom. The van der Waals surface area contributed by atoms with Crippen molar-refractivity contribution in [3.63, 3.8) is 0 Å². The summed E-state index contributed by atoms with van der Waals surface area (Å²) in [5, 5.41) is 0. The van der Waals surface area contributed by atoms with Gasteiger partial charge in [-0.05, 0) is 93.1 Å². The molecule has 0 aliphatic carbocycles. The molecular weight excluding hydrogens is 652 g/mol. The molecule has 0 unspecified atom stereocenters. The Balaban J connectivity index is 1.57. The van der Waals surface area contributed by atoms with Gasteiger partial charge in [0, 0.05) is 0 Å². The fourth-order valence-electron chi connectivity index (χ4n) is 3.17. The molecule has 1 saturated heterocycles. The third-order valence-electron chi connectivity index (χ3n) is 4.69. The zero-order valence-electron chi connectivity index (χ0n) is 16.5. The first-order valence-electron chi connectivity index (χ1n) is 9.43. The molecule has 1 amide bonds. The van der Waals surface area contributed by atoms with E-state index in [1.165, 1.54) is 11.8 Å². The van der Waals surface area contributed by atoms with Crippen LogP contribution in [0.15, 0.2) is 71.6 Å². The van der Waals surface area contributed by atoms with Gasteiger partial charge < -0.3 is 4.74 Å². The summed E-state index contributed by atoms with van der Waals surface area (Å²) in [5.74, 6) is 0.772. The second-order valence-corrected chi connectivity index (χ2v) is 10.9. The Bertz CT molecular complexity index is 1170. The van der Waals surface area contributed by atoms with Crippen LogP contribution in [0.2, 0.25) is 0 Å². The van der Waals surface area contributed by atoms with Crippen LogP contribution in [-0.4, -0.2) is 10.2 Å². The normalized spacial score (nSPS) is 15.1. The Morgan fingerprint density at radius 3 is 2.35 bits per heavy atom. The maximum Gasteiger partial charge on any atom is 0.270 e. The average Bonchev–Trinajstić information content (AvgIpc) is 3.01. The standard InChI is InChI=1S/C24H17I2NO2S2/c1-15-7-5-6-10-20(15)27-23(28)21(31-24(27)30)13-17-11-18(25)22(19(26)12-17)29-14-16-8-3-2-4-9-16/h2-13H,14H2,1H3/b21-13+. The highest BCUT2D eigenvalue weighted by molar-refractivity contribution is 14.1. The second-order valence-electron chi connectivity index (χ2n) is 6.89. The van der Waals surface area contributed by atoms with Crippen molar-refractivity contribution in [3.8, 4) is 5.75 Å². The van der Waals surface area contributed by atoms with Crippen LogP contribution >= 0.6 is 69.2 Å². The summed E-state index contributed by atoms with van der Waals surface area (Å²) in [6.07, 6.45) is 1.91. The zero-order valence-corrected chi connectivity index (χ0v) is 22.4. The van der Waals surface area contributed by atoms with Gasteiger partial charge in [-0.1, -0.05) is 72.5 Å². The van der Waals surface area contributed by atoms with Crippen molar-refractivity contribution in [2.75, 3.05) is 4.90 Å². The van der Waals surface area contributed by atoms with Gasteiger partial charge >= 0.3 is 0 Å². The number of carbonyl (C=O) groups is 1. The molecule has 0 bridgehead atoms. The van der Waals surface area contributed by atoms with Crippen molar-refractivity contribution in [2.45, 2.75) is 13.5 Å². The Hall–Kier alpha value is -1.43.